The number of benzene rings is 3. The van der Waals surface area contributed by atoms with Crippen LogP contribution < -0.4 is 20.3 Å². The van der Waals surface area contributed by atoms with E-state index in [1.807, 2.05) is 57.2 Å². The van der Waals surface area contributed by atoms with Gasteiger partial charge in [-0.2, -0.15) is 0 Å². The van der Waals surface area contributed by atoms with Gasteiger partial charge in [-0.3, -0.25) is 19.1 Å². The average molecular weight is 831 g/mol. The number of Topliss-reactive ketones (excluding diaryl/α,β-unsaturated/α-hetero) is 1. The maximum absolute atomic E-state index is 12.8. The van der Waals surface area contributed by atoms with Crippen molar-refractivity contribution in [3.8, 4) is 28.5 Å². The first-order valence-corrected chi connectivity index (χ1v) is 21.5. The lowest BCUT2D eigenvalue weighted by molar-refractivity contribution is -0.136. The second-order valence-electron chi connectivity index (χ2n) is 16.1. The Morgan fingerprint density at radius 2 is 1.62 bits per heavy atom. The number of aromatic nitrogens is 7. The van der Waals surface area contributed by atoms with E-state index < -0.39 is 0 Å². The zero-order chi connectivity index (χ0) is 42.7. The molecule has 4 N–H and O–H groups in total. The number of hydrogen-bond acceptors (Lipinski definition) is 11. The minimum atomic E-state index is -0.168. The monoisotopic (exact) mass is 830 g/mol. The SMILES string of the molecule is CCCNCC(=O)N(CC(=O)C(C)C)Cc1cn(CCCNC(=O)CCCOc2cccc(-c3nc4ccc(-c5nc6ccc(N7CCN(C)CC7)cc6[nH]5)cc4[nH]3)c2)nn1. The molecule has 1 aliphatic heterocycles. The number of carbonyl (C=O) groups excluding carboxylic acids is 3. The zero-order valence-electron chi connectivity index (χ0n) is 35.7. The fraction of sp³-hybridized carbons (Fsp3) is 0.444. The Labute approximate surface area is 356 Å². The zero-order valence-corrected chi connectivity index (χ0v) is 35.7. The van der Waals surface area contributed by atoms with E-state index in [1.165, 1.54) is 10.6 Å². The lowest BCUT2D eigenvalue weighted by Gasteiger charge is -2.34. The molecule has 0 unspecified atom stereocenters. The second kappa shape index (κ2) is 20.4. The summed E-state index contributed by atoms with van der Waals surface area (Å²) < 4.78 is 7.73. The van der Waals surface area contributed by atoms with Crippen LogP contribution in [-0.2, 0) is 27.5 Å². The van der Waals surface area contributed by atoms with E-state index in [0.717, 1.165) is 84.0 Å². The van der Waals surface area contributed by atoms with Crippen molar-refractivity contribution in [2.45, 2.75) is 59.5 Å². The standard InChI is InChI=1S/C45H58N12O4/c1-5-16-46-27-43(60)56(30-41(58)31(2)3)28-34-29-57(53-52-34)18-8-17-47-42(59)11-7-23-61-36-10-6-9-32(24-36)44-48-37-14-12-33(25-39(37)50-44)45-49-38-15-13-35(26-40(38)51-45)55-21-19-54(4)20-22-55/h6,9-10,12-15,24-26,29,31,46H,5,7-8,11,16-23,27-28,30H2,1-4H3,(H,47,59)(H,48,50)(H,49,51). The van der Waals surface area contributed by atoms with Crippen LogP contribution in [0.4, 0.5) is 5.69 Å². The van der Waals surface area contributed by atoms with E-state index in [9.17, 15) is 14.4 Å². The van der Waals surface area contributed by atoms with Crippen LogP contribution in [0.1, 0.15) is 52.1 Å². The number of piperazine rings is 1. The largest absolute Gasteiger partial charge is 0.494 e. The predicted molar refractivity (Wildman–Crippen MR) is 237 cm³/mol. The van der Waals surface area contributed by atoms with Crippen LogP contribution in [0.3, 0.4) is 0 Å². The van der Waals surface area contributed by atoms with Gasteiger partial charge in [0.2, 0.25) is 11.8 Å². The number of ketones is 1. The number of ether oxygens (including phenoxy) is 1. The van der Waals surface area contributed by atoms with Gasteiger partial charge in [0.25, 0.3) is 0 Å². The summed E-state index contributed by atoms with van der Waals surface area (Å²) in [5, 5.41) is 14.5. The Morgan fingerprint density at radius 1 is 0.885 bits per heavy atom. The molecule has 322 valence electrons. The molecule has 1 fully saturated rings. The highest BCUT2D eigenvalue weighted by atomic mass is 16.5. The van der Waals surface area contributed by atoms with E-state index in [4.69, 9.17) is 14.7 Å². The molecule has 6 aromatic rings. The molecule has 4 heterocycles. The normalized spacial score (nSPS) is 13.4. The van der Waals surface area contributed by atoms with Crippen LogP contribution in [0.15, 0.2) is 66.9 Å². The van der Waals surface area contributed by atoms with Crippen molar-refractivity contribution in [1.82, 2.24) is 55.4 Å². The summed E-state index contributed by atoms with van der Waals surface area (Å²) >= 11 is 0. The van der Waals surface area contributed by atoms with Crippen molar-refractivity contribution in [3.63, 3.8) is 0 Å². The molecule has 0 atom stereocenters. The summed E-state index contributed by atoms with van der Waals surface area (Å²) in [5.74, 6) is 1.90. The van der Waals surface area contributed by atoms with Crippen LogP contribution in [0.2, 0.25) is 0 Å². The van der Waals surface area contributed by atoms with Crippen molar-refractivity contribution < 1.29 is 19.1 Å². The number of hydrogen-bond donors (Lipinski definition) is 4. The number of amides is 2. The van der Waals surface area contributed by atoms with E-state index in [1.54, 1.807) is 10.9 Å². The molecule has 0 aliphatic carbocycles. The Kier molecular flexibility index (Phi) is 14.4. The van der Waals surface area contributed by atoms with E-state index in [2.05, 4.69) is 72.0 Å². The summed E-state index contributed by atoms with van der Waals surface area (Å²) in [6.45, 7) is 12.4. The van der Waals surface area contributed by atoms with Gasteiger partial charge in [-0.05, 0) is 81.4 Å². The number of nitrogens with zero attached hydrogens (tertiary/aromatic N) is 8. The fourth-order valence-corrected chi connectivity index (χ4v) is 7.21. The Balaban J connectivity index is 0.841. The molecule has 16 nitrogen and oxygen atoms in total. The lowest BCUT2D eigenvalue weighted by atomic mass is 10.1. The van der Waals surface area contributed by atoms with Gasteiger partial charge in [0.1, 0.15) is 23.1 Å². The second-order valence-corrected chi connectivity index (χ2v) is 16.1. The van der Waals surface area contributed by atoms with E-state index in [-0.39, 0.29) is 43.1 Å². The molecule has 0 radical (unpaired) electrons. The molecule has 1 saturated heterocycles. The maximum atomic E-state index is 12.8. The molecule has 3 aromatic heterocycles. The number of carbonyl (C=O) groups is 3. The molecule has 0 spiro atoms. The number of nitrogens with one attached hydrogen (secondary N) is 4. The number of fused-ring (bicyclic) bond motifs is 2. The molecule has 2 amide bonds. The number of aryl methyl sites for hydroxylation is 1. The summed E-state index contributed by atoms with van der Waals surface area (Å²) in [7, 11) is 2.17. The highest BCUT2D eigenvalue weighted by molar-refractivity contribution is 5.88. The summed E-state index contributed by atoms with van der Waals surface area (Å²) in [5.41, 5.74) is 7.44. The lowest BCUT2D eigenvalue weighted by Crippen LogP contribution is -2.44. The number of anilines is 1. The van der Waals surface area contributed by atoms with Crippen LogP contribution in [0, 0.1) is 5.92 Å². The van der Waals surface area contributed by atoms with Crippen molar-refractivity contribution >= 4 is 45.4 Å². The van der Waals surface area contributed by atoms with Crippen molar-refractivity contribution in [2.75, 3.05) is 70.9 Å². The molecule has 16 heteroatoms. The minimum absolute atomic E-state index is 0.00261. The van der Waals surface area contributed by atoms with Crippen molar-refractivity contribution in [2.24, 2.45) is 5.92 Å². The minimum Gasteiger partial charge on any atom is -0.494 e. The first-order valence-electron chi connectivity index (χ1n) is 21.5. The summed E-state index contributed by atoms with van der Waals surface area (Å²) in [4.78, 5) is 60.9. The third kappa shape index (κ3) is 11.6. The Bertz CT molecular complexity index is 2410. The molecule has 61 heavy (non-hydrogen) atoms. The first kappa shape index (κ1) is 43.0. The third-order valence-electron chi connectivity index (χ3n) is 10.9. The van der Waals surface area contributed by atoms with Gasteiger partial charge >= 0.3 is 0 Å². The van der Waals surface area contributed by atoms with Crippen LogP contribution >= 0.6 is 0 Å². The average Bonchev–Trinajstić information content (AvgIpc) is 4.02. The van der Waals surface area contributed by atoms with Gasteiger partial charge in [0.05, 0.1) is 54.5 Å². The molecule has 1 aliphatic rings. The van der Waals surface area contributed by atoms with Crippen LogP contribution in [-0.4, -0.2) is 128 Å². The number of likely N-dealkylation sites (N-methyl/N-ethyl adjacent to an activating group) is 1. The quantitative estimate of drug-likeness (QED) is 0.0714. The van der Waals surface area contributed by atoms with Gasteiger partial charge in [-0.15, -0.1) is 5.10 Å². The molecular formula is C45H58N12O4. The van der Waals surface area contributed by atoms with Crippen LogP contribution in [0.25, 0.3) is 44.8 Å². The number of rotatable bonds is 21. The van der Waals surface area contributed by atoms with Crippen molar-refractivity contribution in [1.29, 1.82) is 0 Å². The third-order valence-corrected chi connectivity index (χ3v) is 10.9. The smallest absolute Gasteiger partial charge is 0.237 e. The van der Waals surface area contributed by atoms with Gasteiger partial charge in [0, 0.05) is 68.4 Å². The number of imidazole rings is 2. The van der Waals surface area contributed by atoms with Gasteiger partial charge < -0.3 is 40.0 Å². The number of aromatic amines is 2. The number of H-pyrrole nitrogens is 2. The molecule has 7 rings (SSSR count). The molecule has 0 saturated carbocycles. The molecule has 0 bridgehead atoms. The maximum Gasteiger partial charge on any atom is 0.237 e. The predicted octanol–water partition coefficient (Wildman–Crippen LogP) is 5.04. The first-order chi connectivity index (χ1) is 29.6. The summed E-state index contributed by atoms with van der Waals surface area (Å²) in [6.07, 6.45) is 4.26. The Hall–Kier alpha value is -6.13. The van der Waals surface area contributed by atoms with Crippen molar-refractivity contribution in [3.05, 3.63) is 72.6 Å². The molecule has 3 aromatic carbocycles. The van der Waals surface area contributed by atoms with E-state index >= 15 is 0 Å². The van der Waals surface area contributed by atoms with E-state index in [0.29, 0.717) is 50.4 Å². The van der Waals surface area contributed by atoms with Crippen LogP contribution in [0.5, 0.6) is 5.75 Å². The fourth-order valence-electron chi connectivity index (χ4n) is 7.21. The van der Waals surface area contributed by atoms with Gasteiger partial charge in [-0.1, -0.05) is 38.1 Å². The summed E-state index contributed by atoms with van der Waals surface area (Å²) in [6, 6.07) is 20.4. The highest BCUT2D eigenvalue weighted by Gasteiger charge is 2.21. The van der Waals surface area contributed by atoms with Gasteiger partial charge in [0.15, 0.2) is 5.78 Å². The highest BCUT2D eigenvalue weighted by Crippen LogP contribution is 2.29. The topological polar surface area (TPSA) is 182 Å². The Morgan fingerprint density at radius 3 is 2.38 bits per heavy atom. The molecular weight excluding hydrogens is 773 g/mol. The van der Waals surface area contributed by atoms with Gasteiger partial charge in [-0.25, -0.2) is 9.97 Å².